The van der Waals surface area contributed by atoms with Crippen LogP contribution in [0.4, 0.5) is 0 Å². The molecular weight excluding hydrogens is 237 g/mol. The van der Waals surface area contributed by atoms with Crippen LogP contribution >= 0.6 is 0 Å². The summed E-state index contributed by atoms with van der Waals surface area (Å²) < 4.78 is 25.7. The van der Waals surface area contributed by atoms with Gasteiger partial charge in [0.15, 0.2) is 0 Å². The summed E-state index contributed by atoms with van der Waals surface area (Å²) in [6.07, 6.45) is 0. The van der Waals surface area contributed by atoms with Crippen molar-refractivity contribution in [2.45, 2.75) is 26.3 Å². The Kier molecular flexibility index (Phi) is 7.31. The maximum atomic E-state index is 8.57. The van der Waals surface area contributed by atoms with Crippen molar-refractivity contribution >= 4 is 0 Å². The molecule has 0 saturated heterocycles. The van der Waals surface area contributed by atoms with Crippen molar-refractivity contribution in [1.29, 1.82) is 0 Å². The minimum atomic E-state index is -4.01. The van der Waals surface area contributed by atoms with Gasteiger partial charge in [-0.2, -0.15) is 0 Å². The van der Waals surface area contributed by atoms with Gasteiger partial charge in [0.05, 0.1) is 5.54 Å². The normalized spacial score (nSPS) is 10.7. The molecule has 0 aliphatic rings. The Morgan fingerprint density at radius 1 is 1.11 bits per heavy atom. The van der Waals surface area contributed by atoms with E-state index in [4.69, 9.17) is 10.3 Å². The molecule has 0 aromatic rings. The van der Waals surface area contributed by atoms with E-state index in [9.17, 15) is 0 Å². The van der Waals surface area contributed by atoms with Crippen LogP contribution in [0.5, 0.6) is 0 Å². The zero-order valence-corrected chi connectivity index (χ0v) is 7.97. The lowest BCUT2D eigenvalue weighted by molar-refractivity contribution is -1.73. The van der Waals surface area contributed by atoms with E-state index < -0.39 is 21.1 Å². The first kappa shape index (κ1) is 12.3. The average molecular weight is 249 g/mol. The molecule has 0 atom stereocenters. The zero-order chi connectivity index (χ0) is 8.08. The van der Waals surface area contributed by atoms with Crippen molar-refractivity contribution in [3.8, 4) is 0 Å². The second kappa shape index (κ2) is 5.36. The average Bonchev–Trinajstić information content (AvgIpc) is 1.19. The molecule has 0 rings (SSSR count). The maximum Gasteiger partial charge on any atom is 0.282 e. The van der Waals surface area contributed by atoms with Crippen molar-refractivity contribution in [2.24, 2.45) is 0 Å². The summed E-state index contributed by atoms with van der Waals surface area (Å²) in [5.41, 5.74) is 4.02. The van der Waals surface area contributed by atoms with Crippen LogP contribution in [0.15, 0.2) is 0 Å². The summed E-state index contributed by atoms with van der Waals surface area (Å²) >= 11 is -4.01. The Hall–Kier alpha value is 0.570. The number of halogens is 1. The third-order valence-corrected chi connectivity index (χ3v) is 0. The number of hydrogen-bond donors (Lipinski definition) is 1. The summed E-state index contributed by atoms with van der Waals surface area (Å²) in [6.45, 7) is 6.23. The summed E-state index contributed by atoms with van der Waals surface area (Å²) in [5, 5.41) is 0. The smallest absolute Gasteiger partial charge is 0.282 e. The Morgan fingerprint density at radius 2 is 1.11 bits per heavy atom. The van der Waals surface area contributed by atoms with Gasteiger partial charge in [0, 0.05) is 0 Å². The molecule has 0 spiro atoms. The standard InChI is InChI=1S/C4H11N.IO3/c1-4(2,3)5;2-1(3)4/h5H2,1-3H3;/q;-1/p+1. The largest absolute Gasteiger partial charge is 0.427 e. The number of quaternary nitrogens is 1. The van der Waals surface area contributed by atoms with E-state index in [2.05, 4.69) is 26.5 Å². The lowest BCUT2D eigenvalue weighted by Crippen LogP contribution is -4.05. The molecule has 5 heteroatoms. The molecule has 0 fully saturated rings. The van der Waals surface area contributed by atoms with Crippen molar-refractivity contribution < 1.29 is 37.1 Å². The highest BCUT2D eigenvalue weighted by Crippen LogP contribution is 1.84. The van der Waals surface area contributed by atoms with E-state index in [0.29, 0.717) is 0 Å². The molecule has 0 aliphatic carbocycles. The van der Waals surface area contributed by atoms with Crippen molar-refractivity contribution in [3.05, 3.63) is 0 Å². The predicted molar refractivity (Wildman–Crippen MR) is 22.6 cm³/mol. The fourth-order valence-corrected chi connectivity index (χ4v) is 0. The number of hydrogen-bond acceptors (Lipinski definition) is 3. The van der Waals surface area contributed by atoms with E-state index in [1.807, 2.05) is 0 Å². The fraction of sp³-hybridized carbons (Fsp3) is 1.00. The summed E-state index contributed by atoms with van der Waals surface area (Å²) in [5.74, 6) is 0. The zero-order valence-electron chi connectivity index (χ0n) is 5.81. The summed E-state index contributed by atoms with van der Waals surface area (Å²) in [7, 11) is 0. The molecule has 0 aliphatic heterocycles. The van der Waals surface area contributed by atoms with Gasteiger partial charge in [-0.3, -0.25) is 0 Å². The van der Waals surface area contributed by atoms with Crippen LogP contribution in [0, 0.1) is 0 Å². The lowest BCUT2D eigenvalue weighted by Gasteiger charge is -2.01. The molecule has 9 heavy (non-hydrogen) atoms. The molecule has 0 aromatic heterocycles. The minimum absolute atomic E-state index is 0.250. The third kappa shape index (κ3) is 1140. The Balaban J connectivity index is 0. The van der Waals surface area contributed by atoms with Crippen LogP contribution in [-0.4, -0.2) is 5.54 Å². The van der Waals surface area contributed by atoms with Gasteiger partial charge in [-0.05, 0) is 20.8 Å². The van der Waals surface area contributed by atoms with Gasteiger partial charge in [-0.15, -0.1) is 0 Å². The van der Waals surface area contributed by atoms with Crippen LogP contribution in [0.2, 0.25) is 0 Å². The Morgan fingerprint density at radius 3 is 1.11 bits per heavy atom. The fourth-order valence-electron chi connectivity index (χ4n) is 0. The van der Waals surface area contributed by atoms with E-state index in [1.54, 1.807) is 0 Å². The van der Waals surface area contributed by atoms with E-state index in [-0.39, 0.29) is 5.54 Å². The van der Waals surface area contributed by atoms with Gasteiger partial charge in [-0.25, -0.2) is 0 Å². The van der Waals surface area contributed by atoms with Gasteiger partial charge in [0.25, 0.3) is 21.1 Å². The molecule has 58 valence electrons. The van der Waals surface area contributed by atoms with Crippen molar-refractivity contribution in [1.82, 2.24) is 0 Å². The van der Waals surface area contributed by atoms with Gasteiger partial charge in [0.2, 0.25) is 0 Å². The van der Waals surface area contributed by atoms with Gasteiger partial charge in [-0.1, -0.05) is 0 Å². The second-order valence-electron chi connectivity index (χ2n) is 2.75. The molecule has 4 nitrogen and oxygen atoms in total. The van der Waals surface area contributed by atoms with Crippen LogP contribution in [0.3, 0.4) is 0 Å². The molecule has 0 saturated carbocycles. The predicted octanol–water partition coefficient (Wildman–Crippen LogP) is -6.54. The van der Waals surface area contributed by atoms with Crippen molar-refractivity contribution in [3.63, 3.8) is 0 Å². The van der Waals surface area contributed by atoms with E-state index in [0.717, 1.165) is 0 Å². The maximum absolute atomic E-state index is 8.57. The Labute approximate surface area is 63.7 Å². The van der Waals surface area contributed by atoms with Crippen molar-refractivity contribution in [2.75, 3.05) is 0 Å². The van der Waals surface area contributed by atoms with Crippen LogP contribution in [0.25, 0.3) is 0 Å². The first-order valence-electron chi connectivity index (χ1n) is 2.32. The first-order chi connectivity index (χ1) is 3.73. The monoisotopic (exact) mass is 249 g/mol. The molecule has 0 aromatic carbocycles. The third-order valence-electron chi connectivity index (χ3n) is 0. The second-order valence-corrected chi connectivity index (χ2v) is 3.83. The quantitative estimate of drug-likeness (QED) is 0.432. The highest BCUT2D eigenvalue weighted by molar-refractivity contribution is 4.48. The summed E-state index contributed by atoms with van der Waals surface area (Å²) in [4.78, 5) is 0. The summed E-state index contributed by atoms with van der Waals surface area (Å²) in [6, 6.07) is 0. The minimum Gasteiger partial charge on any atom is -0.427 e. The van der Waals surface area contributed by atoms with E-state index in [1.165, 1.54) is 0 Å². The van der Waals surface area contributed by atoms with Crippen LogP contribution < -0.4 is 37.1 Å². The molecule has 0 amide bonds. The molecule has 0 heterocycles. The van der Waals surface area contributed by atoms with Crippen LogP contribution in [-0.2, 0) is 0 Å². The molecule has 0 unspecified atom stereocenters. The molecule has 3 N–H and O–H groups in total. The Bertz CT molecular complexity index is 52.6. The molecular formula is C4H12INO3. The molecule has 0 bridgehead atoms. The van der Waals surface area contributed by atoms with Crippen LogP contribution in [0.1, 0.15) is 20.8 Å². The van der Waals surface area contributed by atoms with E-state index >= 15 is 0 Å². The van der Waals surface area contributed by atoms with Gasteiger partial charge >= 0.3 is 0 Å². The first-order valence-corrected chi connectivity index (χ1v) is 4.96. The number of rotatable bonds is 0. The highest BCUT2D eigenvalue weighted by Gasteiger charge is 2.00. The molecule has 0 radical (unpaired) electrons. The van der Waals surface area contributed by atoms with Gasteiger partial charge < -0.3 is 16.0 Å². The van der Waals surface area contributed by atoms with Gasteiger partial charge in [0.1, 0.15) is 0 Å². The topological polar surface area (TPSA) is 96.8 Å². The lowest BCUT2D eigenvalue weighted by atomic mass is 10.1. The SMILES string of the molecule is CC(C)(C)[NH3+].[O-][I+2]([O-])[O-]. The highest BCUT2D eigenvalue weighted by atomic mass is 127.